The molecule has 4 nitrogen and oxygen atoms in total. The predicted molar refractivity (Wildman–Crippen MR) is 59.9 cm³/mol. The average molecular weight is 211 g/mol. The summed E-state index contributed by atoms with van der Waals surface area (Å²) in [5.74, 6) is 1.67. The highest BCUT2D eigenvalue weighted by atomic mass is 16.4. The maximum Gasteiger partial charge on any atom is 0.143 e. The molecule has 1 unspecified atom stereocenters. The second-order valence-electron chi connectivity index (χ2n) is 4.90. The molecule has 0 aromatic rings. The highest BCUT2D eigenvalue weighted by molar-refractivity contribution is 5.82. The summed E-state index contributed by atoms with van der Waals surface area (Å²) in [6, 6.07) is 0. The van der Waals surface area contributed by atoms with E-state index in [-0.39, 0.29) is 5.92 Å². The Labute approximate surface area is 91.1 Å². The molecule has 2 fully saturated rings. The van der Waals surface area contributed by atoms with Crippen LogP contribution in [0.2, 0.25) is 0 Å². The van der Waals surface area contributed by atoms with E-state index in [1.807, 2.05) is 0 Å². The number of nitrogens with two attached hydrogens (primary N) is 1. The van der Waals surface area contributed by atoms with E-state index < -0.39 is 0 Å². The zero-order chi connectivity index (χ0) is 10.7. The van der Waals surface area contributed by atoms with E-state index in [2.05, 4.69) is 10.1 Å². The highest BCUT2D eigenvalue weighted by Gasteiger charge is 2.26. The third-order valence-corrected chi connectivity index (χ3v) is 3.59. The predicted octanol–water partition coefficient (Wildman–Crippen LogP) is 1.24. The van der Waals surface area contributed by atoms with Gasteiger partial charge in [-0.05, 0) is 38.3 Å². The van der Waals surface area contributed by atoms with Crippen molar-refractivity contribution >= 4 is 5.84 Å². The zero-order valence-corrected chi connectivity index (χ0v) is 9.23. The molecule has 15 heavy (non-hydrogen) atoms. The number of amidine groups is 1. The van der Waals surface area contributed by atoms with Crippen LogP contribution in [0.25, 0.3) is 0 Å². The van der Waals surface area contributed by atoms with Gasteiger partial charge in [-0.15, -0.1) is 0 Å². The van der Waals surface area contributed by atoms with Gasteiger partial charge in [0, 0.05) is 12.5 Å². The summed E-state index contributed by atoms with van der Waals surface area (Å²) in [6.45, 7) is 3.35. The van der Waals surface area contributed by atoms with Crippen molar-refractivity contribution in [1.29, 1.82) is 0 Å². The summed E-state index contributed by atoms with van der Waals surface area (Å²) < 4.78 is 0. The van der Waals surface area contributed by atoms with Crippen molar-refractivity contribution in [2.24, 2.45) is 22.7 Å². The molecule has 1 aliphatic heterocycles. The fourth-order valence-corrected chi connectivity index (χ4v) is 2.35. The first kappa shape index (κ1) is 10.7. The summed E-state index contributed by atoms with van der Waals surface area (Å²) in [4.78, 5) is 2.46. The lowest BCUT2D eigenvalue weighted by atomic mass is 9.97. The van der Waals surface area contributed by atoms with Crippen molar-refractivity contribution in [3.05, 3.63) is 0 Å². The molecule has 4 heteroatoms. The van der Waals surface area contributed by atoms with Gasteiger partial charge < -0.3 is 15.8 Å². The molecule has 0 bridgehead atoms. The van der Waals surface area contributed by atoms with Crippen LogP contribution in [0.15, 0.2) is 5.16 Å². The van der Waals surface area contributed by atoms with Crippen LogP contribution in [0.1, 0.15) is 32.1 Å². The maximum absolute atomic E-state index is 8.65. The average Bonchev–Trinajstić information content (AvgIpc) is 3.09. The Hall–Kier alpha value is -0.770. The van der Waals surface area contributed by atoms with Crippen LogP contribution < -0.4 is 5.73 Å². The molecule has 2 rings (SSSR count). The monoisotopic (exact) mass is 211 g/mol. The van der Waals surface area contributed by atoms with E-state index in [0.29, 0.717) is 5.84 Å². The molecule has 1 aliphatic carbocycles. The zero-order valence-electron chi connectivity index (χ0n) is 9.23. The van der Waals surface area contributed by atoms with Crippen LogP contribution in [0.4, 0.5) is 0 Å². The lowest BCUT2D eigenvalue weighted by Gasteiger charge is -2.31. The Morgan fingerprint density at radius 2 is 2.20 bits per heavy atom. The molecule has 1 atom stereocenters. The number of piperidine rings is 1. The minimum Gasteiger partial charge on any atom is -0.409 e. The van der Waals surface area contributed by atoms with E-state index in [9.17, 15) is 0 Å². The van der Waals surface area contributed by atoms with Crippen LogP contribution in [0.5, 0.6) is 0 Å². The molecule has 0 spiro atoms. The number of likely N-dealkylation sites (tertiary alicyclic amines) is 1. The van der Waals surface area contributed by atoms with Crippen LogP contribution >= 0.6 is 0 Å². The molecule has 0 radical (unpaired) electrons. The van der Waals surface area contributed by atoms with Gasteiger partial charge >= 0.3 is 0 Å². The molecule has 3 N–H and O–H groups in total. The summed E-state index contributed by atoms with van der Waals surface area (Å²) in [5.41, 5.74) is 5.65. The largest absolute Gasteiger partial charge is 0.409 e. The Bertz CT molecular complexity index is 238. The third kappa shape index (κ3) is 3.09. The van der Waals surface area contributed by atoms with E-state index in [4.69, 9.17) is 10.9 Å². The first-order valence-corrected chi connectivity index (χ1v) is 5.99. The number of nitrogens with zero attached hydrogens (tertiary/aromatic N) is 2. The Kier molecular flexibility index (Phi) is 3.46. The second-order valence-corrected chi connectivity index (χ2v) is 4.90. The summed E-state index contributed by atoms with van der Waals surface area (Å²) >= 11 is 0. The van der Waals surface area contributed by atoms with Crippen LogP contribution in [0.3, 0.4) is 0 Å². The number of hydrogen-bond acceptors (Lipinski definition) is 3. The number of oxime groups is 1. The Balaban J connectivity index is 1.75. The molecule has 1 saturated heterocycles. The topological polar surface area (TPSA) is 61.9 Å². The van der Waals surface area contributed by atoms with Crippen molar-refractivity contribution in [2.75, 3.05) is 19.6 Å². The smallest absolute Gasteiger partial charge is 0.143 e. The Morgan fingerprint density at radius 3 is 2.87 bits per heavy atom. The van der Waals surface area contributed by atoms with Gasteiger partial charge in [-0.2, -0.15) is 0 Å². The van der Waals surface area contributed by atoms with E-state index in [1.165, 1.54) is 38.8 Å². The van der Waals surface area contributed by atoms with Gasteiger partial charge in [-0.3, -0.25) is 0 Å². The minimum atomic E-state index is 0.267. The third-order valence-electron chi connectivity index (χ3n) is 3.59. The first-order chi connectivity index (χ1) is 7.29. The fraction of sp³-hybridized carbons (Fsp3) is 0.909. The second kappa shape index (κ2) is 4.84. The molecule has 1 heterocycles. The van der Waals surface area contributed by atoms with E-state index >= 15 is 0 Å². The van der Waals surface area contributed by atoms with E-state index in [1.54, 1.807) is 0 Å². The standard InChI is InChI=1S/C11H21N3O/c12-11(13-15)10-2-1-6-14(8-10)7-5-9-3-4-9/h9-10,15H,1-8H2,(H2,12,13). The lowest BCUT2D eigenvalue weighted by Crippen LogP contribution is -2.41. The maximum atomic E-state index is 8.65. The van der Waals surface area contributed by atoms with Gasteiger partial charge in [0.05, 0.1) is 0 Å². The summed E-state index contributed by atoms with van der Waals surface area (Å²) in [5, 5.41) is 11.8. The van der Waals surface area contributed by atoms with Crippen LogP contribution in [0, 0.1) is 11.8 Å². The Morgan fingerprint density at radius 1 is 1.40 bits per heavy atom. The SMILES string of the molecule is NC(=NO)C1CCCN(CCC2CC2)C1. The van der Waals surface area contributed by atoms with Crippen molar-refractivity contribution in [3.63, 3.8) is 0 Å². The van der Waals surface area contributed by atoms with E-state index in [0.717, 1.165) is 18.9 Å². The van der Waals surface area contributed by atoms with Crippen molar-refractivity contribution in [3.8, 4) is 0 Å². The van der Waals surface area contributed by atoms with Gasteiger partial charge in [0.1, 0.15) is 5.84 Å². The molecule has 0 aromatic heterocycles. The van der Waals surface area contributed by atoms with Crippen LogP contribution in [-0.2, 0) is 0 Å². The molecule has 1 saturated carbocycles. The van der Waals surface area contributed by atoms with Crippen LogP contribution in [-0.4, -0.2) is 35.6 Å². The molecule has 86 valence electrons. The highest BCUT2D eigenvalue weighted by Crippen LogP contribution is 2.32. The van der Waals surface area contributed by atoms with Gasteiger partial charge in [-0.25, -0.2) is 0 Å². The van der Waals surface area contributed by atoms with Crippen molar-refractivity contribution in [2.45, 2.75) is 32.1 Å². The van der Waals surface area contributed by atoms with Gasteiger partial charge in [-0.1, -0.05) is 18.0 Å². The lowest BCUT2D eigenvalue weighted by molar-refractivity contribution is 0.195. The molecular weight excluding hydrogens is 190 g/mol. The van der Waals surface area contributed by atoms with Gasteiger partial charge in [0.25, 0.3) is 0 Å². The molecule has 0 amide bonds. The van der Waals surface area contributed by atoms with Crippen molar-refractivity contribution in [1.82, 2.24) is 4.90 Å². The van der Waals surface area contributed by atoms with Gasteiger partial charge in [0.2, 0.25) is 0 Å². The number of hydrogen-bond donors (Lipinski definition) is 2. The first-order valence-electron chi connectivity index (χ1n) is 5.99. The van der Waals surface area contributed by atoms with Crippen molar-refractivity contribution < 1.29 is 5.21 Å². The molecule has 2 aliphatic rings. The quantitative estimate of drug-likeness (QED) is 0.318. The normalized spacial score (nSPS) is 29.3. The summed E-state index contributed by atoms with van der Waals surface area (Å²) in [7, 11) is 0. The fourth-order valence-electron chi connectivity index (χ4n) is 2.35. The summed E-state index contributed by atoms with van der Waals surface area (Å²) in [6.07, 6.45) is 6.43. The minimum absolute atomic E-state index is 0.267. The van der Waals surface area contributed by atoms with Gasteiger partial charge in [0.15, 0.2) is 0 Å². The molecule has 0 aromatic carbocycles. The molecular formula is C11H21N3O. The number of rotatable bonds is 4.